The first kappa shape index (κ1) is 16.4. The fourth-order valence-electron chi connectivity index (χ4n) is 3.61. The van der Waals surface area contributed by atoms with Gasteiger partial charge < -0.3 is 10.1 Å². The van der Waals surface area contributed by atoms with Crippen molar-refractivity contribution >= 4 is 22.7 Å². The molecule has 0 radical (unpaired) electrons. The maximum absolute atomic E-state index is 10.1. The molecule has 130 valence electrons. The van der Waals surface area contributed by atoms with E-state index in [2.05, 4.69) is 27.2 Å². The lowest BCUT2D eigenvalue weighted by Gasteiger charge is -2.34. The second-order valence-corrected chi connectivity index (χ2v) is 7.42. The predicted octanol–water partition coefficient (Wildman–Crippen LogP) is 3.52. The number of hydrogen-bond acceptors (Lipinski definition) is 5. The molecule has 1 aromatic carbocycles. The van der Waals surface area contributed by atoms with Gasteiger partial charge in [0, 0.05) is 30.6 Å². The zero-order valence-corrected chi connectivity index (χ0v) is 15.1. The van der Waals surface area contributed by atoms with Crippen LogP contribution < -0.4 is 0 Å². The number of benzene rings is 1. The highest BCUT2D eigenvalue weighted by Gasteiger charge is 2.29. The van der Waals surface area contributed by atoms with Crippen LogP contribution in [0.25, 0.3) is 10.9 Å². The van der Waals surface area contributed by atoms with Gasteiger partial charge in [-0.05, 0) is 30.6 Å². The van der Waals surface area contributed by atoms with E-state index >= 15 is 0 Å². The molecule has 2 N–H and O–H groups in total. The van der Waals surface area contributed by atoms with Crippen molar-refractivity contribution in [2.24, 2.45) is 0 Å². The van der Waals surface area contributed by atoms with E-state index in [1.54, 1.807) is 6.07 Å². The summed E-state index contributed by atoms with van der Waals surface area (Å²) in [7, 11) is 0. The summed E-state index contributed by atoms with van der Waals surface area (Å²) >= 11 is 1.87. The minimum absolute atomic E-state index is 0.242. The molecule has 3 aromatic rings. The van der Waals surface area contributed by atoms with Crippen LogP contribution in [0, 0.1) is 0 Å². The maximum atomic E-state index is 10.1. The highest BCUT2D eigenvalue weighted by molar-refractivity contribution is 7.98. The first-order valence-corrected chi connectivity index (χ1v) is 9.98. The Morgan fingerprint density at radius 1 is 1.32 bits per heavy atom. The molecule has 1 aliphatic rings. The summed E-state index contributed by atoms with van der Waals surface area (Å²) in [5.41, 5.74) is 4.12. The molecule has 0 aliphatic carbocycles. The molecule has 1 aliphatic heterocycles. The highest BCUT2D eigenvalue weighted by Crippen LogP contribution is 2.32. The second-order valence-electron chi connectivity index (χ2n) is 6.44. The average Bonchev–Trinajstić information content (AvgIpc) is 3.10. The number of pyridine rings is 1. The van der Waals surface area contributed by atoms with Gasteiger partial charge in [-0.25, -0.2) is 9.97 Å². The molecule has 2 aromatic heterocycles. The van der Waals surface area contributed by atoms with E-state index in [0.29, 0.717) is 11.6 Å². The lowest BCUT2D eigenvalue weighted by Crippen LogP contribution is -2.35. The third-order valence-electron chi connectivity index (χ3n) is 4.87. The molecule has 0 amide bonds. The predicted molar refractivity (Wildman–Crippen MR) is 102 cm³/mol. The number of fused-ring (bicyclic) bond motifs is 2. The number of aromatic amines is 1. The molecule has 25 heavy (non-hydrogen) atoms. The van der Waals surface area contributed by atoms with Gasteiger partial charge in [-0.15, -0.1) is 0 Å². The van der Waals surface area contributed by atoms with Gasteiger partial charge in [-0.2, -0.15) is 11.8 Å². The minimum atomic E-state index is 0.242. The Balaban J connectivity index is 1.61. The van der Waals surface area contributed by atoms with Crippen molar-refractivity contribution < 1.29 is 5.11 Å². The molecule has 0 spiro atoms. The number of nitrogens with one attached hydrogen (secondary N) is 1. The van der Waals surface area contributed by atoms with E-state index in [9.17, 15) is 5.11 Å². The van der Waals surface area contributed by atoms with Gasteiger partial charge in [0.15, 0.2) is 0 Å². The first-order chi connectivity index (χ1) is 12.3. The standard InChI is InChI=1S/C19H22N4OS/c1-25-10-8-16-19-15(20-12-21-19)7-9-23(16)11-14-6-5-13-3-2-4-17(24)18(13)22-14/h2-6,12,16,24H,7-11H2,1H3,(H,20,21)/t16-/m1/s1. The largest absolute Gasteiger partial charge is 0.506 e. The molecule has 0 bridgehead atoms. The van der Waals surface area contributed by atoms with Crippen molar-refractivity contribution in [3.63, 3.8) is 0 Å². The summed E-state index contributed by atoms with van der Waals surface area (Å²) in [5, 5.41) is 11.0. The zero-order valence-electron chi connectivity index (χ0n) is 14.3. The monoisotopic (exact) mass is 354 g/mol. The Kier molecular flexibility index (Phi) is 4.63. The lowest BCUT2D eigenvalue weighted by atomic mass is 10.00. The van der Waals surface area contributed by atoms with E-state index in [0.717, 1.165) is 42.8 Å². The van der Waals surface area contributed by atoms with Gasteiger partial charge in [0.05, 0.1) is 23.8 Å². The van der Waals surface area contributed by atoms with Crippen LogP contribution in [0.5, 0.6) is 5.75 Å². The van der Waals surface area contributed by atoms with Gasteiger partial charge >= 0.3 is 0 Å². The number of imidazole rings is 1. The van der Waals surface area contributed by atoms with E-state index in [4.69, 9.17) is 4.98 Å². The number of nitrogens with zero attached hydrogens (tertiary/aromatic N) is 3. The van der Waals surface area contributed by atoms with Crippen molar-refractivity contribution in [2.75, 3.05) is 18.6 Å². The molecule has 4 rings (SSSR count). The normalized spacial score (nSPS) is 17.7. The minimum Gasteiger partial charge on any atom is -0.506 e. The van der Waals surface area contributed by atoms with Crippen molar-refractivity contribution in [1.82, 2.24) is 19.9 Å². The average molecular weight is 354 g/mol. The fraction of sp³-hybridized carbons (Fsp3) is 0.368. The van der Waals surface area contributed by atoms with Crippen molar-refractivity contribution in [3.8, 4) is 5.75 Å². The molecule has 6 heteroatoms. The van der Waals surface area contributed by atoms with Gasteiger partial charge in [0.1, 0.15) is 11.3 Å². The number of phenolic OH excluding ortho intramolecular Hbond substituents is 1. The summed E-state index contributed by atoms with van der Waals surface area (Å²) in [5.74, 6) is 1.35. The first-order valence-electron chi connectivity index (χ1n) is 8.59. The number of para-hydroxylation sites is 1. The van der Waals surface area contributed by atoms with Crippen LogP contribution in [0.15, 0.2) is 36.7 Å². The SMILES string of the molecule is CSCC[C@@H]1c2nc[nH]c2CCN1Cc1ccc2cccc(O)c2n1. The number of phenols is 1. The summed E-state index contributed by atoms with van der Waals surface area (Å²) in [6.45, 7) is 1.77. The molecule has 3 heterocycles. The van der Waals surface area contributed by atoms with Gasteiger partial charge in [-0.1, -0.05) is 18.2 Å². The Labute approximate surface area is 151 Å². The van der Waals surface area contributed by atoms with E-state index in [-0.39, 0.29) is 5.75 Å². The third-order valence-corrected chi connectivity index (χ3v) is 5.52. The molecule has 0 saturated carbocycles. The number of thioether (sulfide) groups is 1. The van der Waals surface area contributed by atoms with E-state index in [1.165, 1.54) is 11.4 Å². The maximum Gasteiger partial charge on any atom is 0.141 e. The molecule has 0 unspecified atom stereocenters. The fourth-order valence-corrected chi connectivity index (χ4v) is 4.07. The zero-order chi connectivity index (χ0) is 17.2. The molecule has 0 fully saturated rings. The van der Waals surface area contributed by atoms with Crippen LogP contribution in [0.2, 0.25) is 0 Å². The van der Waals surface area contributed by atoms with Gasteiger partial charge in [0.25, 0.3) is 0 Å². The lowest BCUT2D eigenvalue weighted by molar-refractivity contribution is 0.166. The number of rotatable bonds is 5. The van der Waals surface area contributed by atoms with Crippen molar-refractivity contribution in [2.45, 2.75) is 25.4 Å². The van der Waals surface area contributed by atoms with E-state index < -0.39 is 0 Å². The highest BCUT2D eigenvalue weighted by atomic mass is 32.2. The smallest absolute Gasteiger partial charge is 0.141 e. The third kappa shape index (κ3) is 3.24. The Bertz CT molecular complexity index is 879. The Hall–Kier alpha value is -2.05. The van der Waals surface area contributed by atoms with Crippen molar-refractivity contribution in [1.29, 1.82) is 0 Å². The van der Waals surface area contributed by atoms with Crippen molar-refractivity contribution in [3.05, 3.63) is 53.7 Å². The second kappa shape index (κ2) is 7.06. The van der Waals surface area contributed by atoms with Crippen LogP contribution in [0.4, 0.5) is 0 Å². The Morgan fingerprint density at radius 3 is 3.12 bits per heavy atom. The summed E-state index contributed by atoms with van der Waals surface area (Å²) in [4.78, 5) is 15.0. The summed E-state index contributed by atoms with van der Waals surface area (Å²) in [6.07, 6.45) is 6.03. The molecule has 0 saturated heterocycles. The van der Waals surface area contributed by atoms with Crippen LogP contribution in [0.3, 0.4) is 0 Å². The van der Waals surface area contributed by atoms with Crippen LogP contribution >= 0.6 is 11.8 Å². The Morgan fingerprint density at radius 2 is 2.24 bits per heavy atom. The summed E-state index contributed by atoms with van der Waals surface area (Å²) < 4.78 is 0. The van der Waals surface area contributed by atoms with E-state index in [1.807, 2.05) is 36.3 Å². The number of aromatic hydroxyl groups is 1. The quantitative estimate of drug-likeness (QED) is 0.734. The molecular formula is C19H22N4OS. The molecule has 5 nitrogen and oxygen atoms in total. The van der Waals surface area contributed by atoms with Gasteiger partial charge in [0.2, 0.25) is 0 Å². The van der Waals surface area contributed by atoms with Crippen LogP contribution in [-0.2, 0) is 13.0 Å². The number of H-pyrrole nitrogens is 1. The van der Waals surface area contributed by atoms with Crippen LogP contribution in [-0.4, -0.2) is 43.5 Å². The number of aromatic nitrogens is 3. The summed E-state index contributed by atoms with van der Waals surface area (Å²) in [6, 6.07) is 9.94. The van der Waals surface area contributed by atoms with Gasteiger partial charge in [-0.3, -0.25) is 4.90 Å². The topological polar surface area (TPSA) is 65.0 Å². The van der Waals surface area contributed by atoms with Crippen LogP contribution in [0.1, 0.15) is 29.5 Å². The molecular weight excluding hydrogens is 332 g/mol. The number of hydrogen-bond donors (Lipinski definition) is 2. The molecule has 1 atom stereocenters.